The van der Waals surface area contributed by atoms with Crippen LogP contribution in [0.15, 0.2) is 60.7 Å². The third-order valence-corrected chi connectivity index (χ3v) is 11.9. The molecule has 2 N–H and O–H groups in total. The molecule has 0 bridgehead atoms. The van der Waals surface area contributed by atoms with Crippen LogP contribution in [-0.2, 0) is 4.74 Å². The molecule has 0 aromatic heterocycles. The van der Waals surface area contributed by atoms with Crippen molar-refractivity contribution in [3.05, 3.63) is 111 Å². The monoisotopic (exact) mass is 797 g/mol. The van der Waals surface area contributed by atoms with Crippen molar-refractivity contribution in [3.63, 3.8) is 0 Å². The Labute approximate surface area is 357 Å². The summed E-state index contributed by atoms with van der Waals surface area (Å²) in [5.74, 6) is 2.88. The van der Waals surface area contributed by atoms with Gasteiger partial charge in [0.05, 0.1) is 6.61 Å². The van der Waals surface area contributed by atoms with E-state index < -0.39 is 0 Å². The molecule has 0 aliphatic carbocycles. The number of aryl methyl sites for hydroxylation is 3. The molecule has 4 heteroatoms. The fourth-order valence-corrected chi connectivity index (χ4v) is 8.59. The quantitative estimate of drug-likeness (QED) is 0.104. The molecule has 0 saturated heterocycles. The van der Waals surface area contributed by atoms with Crippen molar-refractivity contribution in [1.29, 1.82) is 0 Å². The molecule has 0 atom stereocenters. The van der Waals surface area contributed by atoms with Gasteiger partial charge in [0.1, 0.15) is 17.2 Å². The Morgan fingerprint density at radius 3 is 1.00 bits per heavy atom. The molecule has 0 saturated carbocycles. The molecule has 0 heterocycles. The van der Waals surface area contributed by atoms with Gasteiger partial charge in [-0.25, -0.2) is 0 Å². The highest BCUT2D eigenvalue weighted by Crippen LogP contribution is 2.52. The first-order valence-electron chi connectivity index (χ1n) is 22.1. The summed E-state index contributed by atoms with van der Waals surface area (Å²) < 4.78 is 12.3. The van der Waals surface area contributed by atoms with E-state index in [0.717, 1.165) is 50.1 Å². The number of methoxy groups -OCH3 is 1. The van der Waals surface area contributed by atoms with Crippen LogP contribution in [0, 0.1) is 20.8 Å². The molecule has 5 aromatic rings. The summed E-state index contributed by atoms with van der Waals surface area (Å²) in [7, 11) is 1.70. The first kappa shape index (κ1) is 45.5. The van der Waals surface area contributed by atoms with Gasteiger partial charge in [-0.3, -0.25) is 0 Å². The highest BCUT2D eigenvalue weighted by molar-refractivity contribution is 5.94. The molecule has 316 valence electrons. The Hall–Kier alpha value is -4.54. The maximum atomic E-state index is 12.7. The van der Waals surface area contributed by atoms with Crippen molar-refractivity contribution in [2.24, 2.45) is 0 Å². The number of phenolic OH excluding ortho intramolecular Hbond substituents is 2. The van der Waals surface area contributed by atoms with Crippen LogP contribution in [0.25, 0.3) is 44.5 Å². The number of benzene rings is 5. The largest absolute Gasteiger partial charge is 0.507 e. The smallest absolute Gasteiger partial charge is 0.135 e. The summed E-state index contributed by atoms with van der Waals surface area (Å²) in [5, 5.41) is 25.4. The van der Waals surface area contributed by atoms with E-state index in [1.165, 1.54) is 33.4 Å². The lowest BCUT2D eigenvalue weighted by Gasteiger charge is -2.26. The zero-order valence-electron chi connectivity index (χ0n) is 39.1. The van der Waals surface area contributed by atoms with E-state index in [9.17, 15) is 10.2 Å². The predicted octanol–water partition coefficient (Wildman–Crippen LogP) is 15.8. The summed E-state index contributed by atoms with van der Waals surface area (Å²) in [6.45, 7) is 34.2. The second-order valence-electron chi connectivity index (χ2n) is 18.9. The van der Waals surface area contributed by atoms with Crippen LogP contribution < -0.4 is 4.74 Å². The van der Waals surface area contributed by atoms with Crippen molar-refractivity contribution >= 4 is 0 Å². The Morgan fingerprint density at radius 2 is 0.712 bits per heavy atom. The van der Waals surface area contributed by atoms with Gasteiger partial charge < -0.3 is 19.7 Å². The van der Waals surface area contributed by atoms with E-state index in [1.807, 2.05) is 0 Å². The van der Waals surface area contributed by atoms with E-state index in [-0.39, 0.29) is 35.2 Å². The molecule has 0 aliphatic heterocycles. The summed E-state index contributed by atoms with van der Waals surface area (Å²) in [6, 6.07) is 22.0. The lowest BCUT2D eigenvalue weighted by atomic mass is 9.80. The van der Waals surface area contributed by atoms with Gasteiger partial charge in [0.25, 0.3) is 0 Å². The highest BCUT2D eigenvalue weighted by atomic mass is 16.5. The Kier molecular flexibility index (Phi) is 14.5. The normalized spacial score (nSPS) is 12.0. The second-order valence-corrected chi connectivity index (χ2v) is 18.9. The van der Waals surface area contributed by atoms with Gasteiger partial charge in [0, 0.05) is 53.5 Å². The van der Waals surface area contributed by atoms with Crippen LogP contribution in [0.4, 0.5) is 0 Å². The lowest BCUT2D eigenvalue weighted by Crippen LogP contribution is -2.06. The fraction of sp³-hybridized carbons (Fsp3) is 0.455. The van der Waals surface area contributed by atoms with Gasteiger partial charge in [-0.2, -0.15) is 0 Å². The standard InChI is InChI=1S/C55H72O4/c1-30(2)39-26-41(32(5)6)51(42(27-39)33(7)8)49-24-36(13)20-45(53(49)56)47-22-38(15)23-48(55(47)59-19-17-18-58-16)46-21-37(14)25-50(54(46)57)52-43(34(9)10)28-40(31(3)4)29-44(52)35(11)12/h20-35,56-57H,17-19H2,1-16H3. The Bertz CT molecular complexity index is 2070. The topological polar surface area (TPSA) is 58.9 Å². The Morgan fingerprint density at radius 1 is 0.407 bits per heavy atom. The maximum absolute atomic E-state index is 12.7. The highest BCUT2D eigenvalue weighted by Gasteiger charge is 2.28. The first-order valence-corrected chi connectivity index (χ1v) is 22.1. The molecular weight excluding hydrogens is 725 g/mol. The molecular formula is C55H72O4. The first-order chi connectivity index (χ1) is 27.8. The SMILES string of the molecule is COCCCOc1c(-c2cc(C)cc(-c3c(C(C)C)cc(C(C)C)cc3C(C)C)c2O)cc(C)cc1-c1cc(C)cc(-c2c(C(C)C)cc(C(C)C)cc2C(C)C)c1O. The van der Waals surface area contributed by atoms with Gasteiger partial charge in [0.15, 0.2) is 0 Å². The molecule has 0 amide bonds. The summed E-state index contributed by atoms with van der Waals surface area (Å²) in [6.07, 6.45) is 0.689. The number of ether oxygens (including phenoxy) is 2. The van der Waals surface area contributed by atoms with Crippen LogP contribution in [-0.4, -0.2) is 30.5 Å². The third kappa shape index (κ3) is 9.60. The minimum absolute atomic E-state index is 0.234. The van der Waals surface area contributed by atoms with Gasteiger partial charge in [-0.15, -0.1) is 0 Å². The van der Waals surface area contributed by atoms with Crippen molar-refractivity contribution < 1.29 is 19.7 Å². The van der Waals surface area contributed by atoms with Gasteiger partial charge >= 0.3 is 0 Å². The van der Waals surface area contributed by atoms with Crippen molar-refractivity contribution in [3.8, 4) is 61.8 Å². The van der Waals surface area contributed by atoms with Crippen LogP contribution >= 0.6 is 0 Å². The molecule has 59 heavy (non-hydrogen) atoms. The van der Waals surface area contributed by atoms with Crippen molar-refractivity contribution in [1.82, 2.24) is 0 Å². The van der Waals surface area contributed by atoms with Crippen LogP contribution in [0.2, 0.25) is 0 Å². The molecule has 0 unspecified atom stereocenters. The molecule has 5 aromatic carbocycles. The van der Waals surface area contributed by atoms with E-state index >= 15 is 0 Å². The zero-order chi connectivity index (χ0) is 43.6. The maximum Gasteiger partial charge on any atom is 0.135 e. The third-order valence-electron chi connectivity index (χ3n) is 11.9. The minimum Gasteiger partial charge on any atom is -0.507 e. The predicted molar refractivity (Wildman–Crippen MR) is 252 cm³/mol. The van der Waals surface area contributed by atoms with Crippen molar-refractivity contribution in [2.75, 3.05) is 20.3 Å². The minimum atomic E-state index is 0.234. The number of phenols is 2. The molecule has 0 spiro atoms. The summed E-state index contributed by atoms with van der Waals surface area (Å²) in [4.78, 5) is 0. The summed E-state index contributed by atoms with van der Waals surface area (Å²) >= 11 is 0. The van der Waals surface area contributed by atoms with Crippen LogP contribution in [0.3, 0.4) is 0 Å². The molecule has 4 nitrogen and oxygen atoms in total. The molecule has 0 aliphatic rings. The molecule has 0 fully saturated rings. The van der Waals surface area contributed by atoms with Crippen LogP contribution in [0.1, 0.15) is 175 Å². The van der Waals surface area contributed by atoms with E-state index in [0.29, 0.717) is 48.3 Å². The van der Waals surface area contributed by atoms with E-state index in [1.54, 1.807) is 7.11 Å². The number of aromatic hydroxyl groups is 2. The number of hydrogen-bond donors (Lipinski definition) is 2. The lowest BCUT2D eigenvalue weighted by molar-refractivity contribution is 0.172. The Balaban J connectivity index is 1.87. The number of hydrogen-bond acceptors (Lipinski definition) is 4. The van der Waals surface area contributed by atoms with E-state index in [4.69, 9.17) is 9.47 Å². The molecule has 5 rings (SSSR count). The van der Waals surface area contributed by atoms with Crippen molar-refractivity contribution in [2.45, 2.75) is 146 Å². The molecule has 0 radical (unpaired) electrons. The fourth-order valence-electron chi connectivity index (χ4n) is 8.59. The van der Waals surface area contributed by atoms with Crippen LogP contribution in [0.5, 0.6) is 17.2 Å². The zero-order valence-corrected chi connectivity index (χ0v) is 39.1. The van der Waals surface area contributed by atoms with Gasteiger partial charge in [-0.05, 0) is 154 Å². The average Bonchev–Trinajstić information content (AvgIpc) is 3.16. The second kappa shape index (κ2) is 18.8. The summed E-state index contributed by atoms with van der Waals surface area (Å²) in [5.41, 5.74) is 17.6. The van der Waals surface area contributed by atoms with E-state index in [2.05, 4.69) is 165 Å². The van der Waals surface area contributed by atoms with Gasteiger partial charge in [0.2, 0.25) is 0 Å². The average molecular weight is 797 g/mol. The van der Waals surface area contributed by atoms with Gasteiger partial charge in [-0.1, -0.05) is 107 Å². The number of rotatable bonds is 15.